The van der Waals surface area contributed by atoms with Crippen molar-refractivity contribution >= 4 is 11.9 Å². The van der Waals surface area contributed by atoms with Crippen LogP contribution in [0, 0.1) is 17.6 Å². The first-order valence-electron chi connectivity index (χ1n) is 13.6. The number of benzene rings is 2. The number of amides is 1. The van der Waals surface area contributed by atoms with Crippen molar-refractivity contribution < 1.29 is 26.7 Å². The molecule has 5 nitrogen and oxygen atoms in total. The highest BCUT2D eigenvalue weighted by Gasteiger charge is 2.42. The van der Waals surface area contributed by atoms with Gasteiger partial charge in [-0.25, -0.2) is 18.7 Å². The van der Waals surface area contributed by atoms with E-state index in [1.807, 2.05) is 0 Å². The first-order chi connectivity index (χ1) is 19.0. The van der Waals surface area contributed by atoms with Crippen LogP contribution in [0.3, 0.4) is 0 Å². The number of rotatable bonds is 6. The van der Waals surface area contributed by atoms with Gasteiger partial charge >= 0.3 is 6.18 Å². The maximum atomic E-state index is 13.9. The fraction of sp³-hybridized carbons (Fsp3) is 0.433. The topological polar surface area (TPSA) is 58.1 Å². The number of halogens is 5. The summed E-state index contributed by atoms with van der Waals surface area (Å²) in [5.74, 6) is -0.987. The molecule has 2 aliphatic rings. The van der Waals surface area contributed by atoms with E-state index in [0.717, 1.165) is 56.5 Å². The summed E-state index contributed by atoms with van der Waals surface area (Å²) in [6, 6.07) is 8.43. The maximum Gasteiger partial charge on any atom is 0.416 e. The fourth-order valence-corrected chi connectivity index (χ4v) is 6.03. The number of hydrogen-bond acceptors (Lipinski definition) is 4. The van der Waals surface area contributed by atoms with Crippen LogP contribution in [0.5, 0.6) is 0 Å². The van der Waals surface area contributed by atoms with Gasteiger partial charge in [0.25, 0.3) is 5.91 Å². The van der Waals surface area contributed by atoms with Crippen LogP contribution in [0.15, 0.2) is 48.7 Å². The van der Waals surface area contributed by atoms with Crippen molar-refractivity contribution in [2.75, 3.05) is 18.0 Å². The van der Waals surface area contributed by atoms with E-state index >= 15 is 0 Å². The van der Waals surface area contributed by atoms with E-state index in [1.54, 1.807) is 12.1 Å². The van der Waals surface area contributed by atoms with Crippen LogP contribution in [-0.4, -0.2) is 29.0 Å². The Hall–Kier alpha value is -3.56. The van der Waals surface area contributed by atoms with E-state index < -0.39 is 28.9 Å². The minimum Gasteiger partial charge on any atom is -0.348 e. The Bertz CT molecular complexity index is 1370. The summed E-state index contributed by atoms with van der Waals surface area (Å²) in [5, 5.41) is 2.64. The van der Waals surface area contributed by atoms with Crippen LogP contribution in [0.1, 0.15) is 78.2 Å². The molecule has 5 rings (SSSR count). The Labute approximate surface area is 229 Å². The quantitative estimate of drug-likeness (QED) is 0.338. The molecule has 2 fully saturated rings. The molecule has 2 heterocycles. The van der Waals surface area contributed by atoms with Crippen molar-refractivity contribution in [3.05, 3.63) is 88.2 Å². The molecule has 10 heteroatoms. The molecular formula is C30H31F5N4O. The van der Waals surface area contributed by atoms with Crippen LogP contribution in [0.2, 0.25) is 0 Å². The molecule has 1 unspecified atom stereocenters. The molecular weight excluding hydrogens is 527 g/mol. The third kappa shape index (κ3) is 5.81. The monoisotopic (exact) mass is 558 g/mol. The van der Waals surface area contributed by atoms with Gasteiger partial charge in [0.05, 0.1) is 16.8 Å². The van der Waals surface area contributed by atoms with E-state index in [0.29, 0.717) is 36.5 Å². The van der Waals surface area contributed by atoms with Gasteiger partial charge in [0.2, 0.25) is 5.95 Å². The van der Waals surface area contributed by atoms with Gasteiger partial charge in [-0.2, -0.15) is 13.2 Å². The SMILES string of the molecule is CC1CCCN(c2ncc(C(=O)NCc3cc(F)cc(C(F)(F)F)c3)c(C3(c4ccc(F)cc4)CCCC3)n2)C1. The molecule has 0 spiro atoms. The summed E-state index contributed by atoms with van der Waals surface area (Å²) in [7, 11) is 0. The number of nitrogens with zero attached hydrogens (tertiary/aromatic N) is 3. The number of carbonyl (C=O) groups excluding carboxylic acids is 1. The molecule has 1 atom stereocenters. The van der Waals surface area contributed by atoms with Gasteiger partial charge in [0.1, 0.15) is 11.6 Å². The van der Waals surface area contributed by atoms with E-state index in [2.05, 4.69) is 22.1 Å². The summed E-state index contributed by atoms with van der Waals surface area (Å²) in [5.41, 5.74) is -0.225. The lowest BCUT2D eigenvalue weighted by molar-refractivity contribution is -0.137. The third-order valence-corrected chi connectivity index (χ3v) is 8.01. The van der Waals surface area contributed by atoms with E-state index in [4.69, 9.17) is 4.98 Å². The Balaban J connectivity index is 1.52. The number of piperidine rings is 1. The van der Waals surface area contributed by atoms with Gasteiger partial charge in [0.15, 0.2) is 0 Å². The van der Waals surface area contributed by atoms with Crippen molar-refractivity contribution in [2.45, 2.75) is 63.6 Å². The molecule has 0 radical (unpaired) electrons. The molecule has 1 saturated carbocycles. The average molecular weight is 559 g/mol. The molecule has 1 aromatic heterocycles. The molecule has 40 heavy (non-hydrogen) atoms. The molecule has 212 valence electrons. The standard InChI is InChI=1S/C30H31F5N4O/c1-19-5-4-12-39(18-19)28-37-17-25(27(40)36-16-20-13-22(30(33,34)35)15-24(32)14-20)26(38-28)29(10-2-3-11-29)21-6-8-23(31)9-7-21/h6-9,13-15,17,19H,2-5,10-12,16,18H2,1H3,(H,36,40). The zero-order valence-electron chi connectivity index (χ0n) is 22.2. The van der Waals surface area contributed by atoms with Gasteiger partial charge in [-0.3, -0.25) is 4.79 Å². The van der Waals surface area contributed by atoms with Gasteiger partial charge < -0.3 is 10.2 Å². The number of anilines is 1. The third-order valence-electron chi connectivity index (χ3n) is 8.01. The number of carbonyl (C=O) groups is 1. The maximum absolute atomic E-state index is 13.9. The Kier molecular flexibility index (Phi) is 7.79. The predicted octanol–water partition coefficient (Wildman–Crippen LogP) is 6.80. The molecule has 0 bridgehead atoms. The van der Waals surface area contributed by atoms with Crippen molar-refractivity contribution in [1.29, 1.82) is 0 Å². The van der Waals surface area contributed by atoms with E-state index in [9.17, 15) is 26.7 Å². The van der Waals surface area contributed by atoms with Crippen molar-refractivity contribution in [2.24, 2.45) is 5.92 Å². The Morgan fingerprint density at radius 2 is 1.77 bits per heavy atom. The van der Waals surface area contributed by atoms with Crippen LogP contribution < -0.4 is 10.2 Å². The summed E-state index contributed by atoms with van der Waals surface area (Å²) in [4.78, 5) is 25.2. The molecule has 1 N–H and O–H groups in total. The largest absolute Gasteiger partial charge is 0.416 e. The zero-order valence-corrected chi connectivity index (χ0v) is 22.2. The molecule has 2 aromatic carbocycles. The lowest BCUT2D eigenvalue weighted by atomic mass is 9.74. The number of aromatic nitrogens is 2. The van der Waals surface area contributed by atoms with Crippen molar-refractivity contribution in [1.82, 2.24) is 15.3 Å². The second-order valence-electron chi connectivity index (χ2n) is 11.0. The minimum atomic E-state index is -4.71. The van der Waals surface area contributed by atoms with Gasteiger partial charge in [-0.15, -0.1) is 0 Å². The average Bonchev–Trinajstić information content (AvgIpc) is 3.42. The number of nitrogens with one attached hydrogen (secondary N) is 1. The highest BCUT2D eigenvalue weighted by Crippen LogP contribution is 2.47. The highest BCUT2D eigenvalue weighted by molar-refractivity contribution is 5.95. The molecule has 1 amide bonds. The predicted molar refractivity (Wildman–Crippen MR) is 141 cm³/mol. The first kappa shape index (κ1) is 28.0. The number of alkyl halides is 3. The molecule has 1 aliphatic heterocycles. The normalized spacial score (nSPS) is 19.1. The van der Waals surface area contributed by atoms with Gasteiger partial charge in [0, 0.05) is 31.2 Å². The summed E-state index contributed by atoms with van der Waals surface area (Å²) in [6.07, 6.45) is 2.05. The molecule has 1 aliphatic carbocycles. The number of hydrogen-bond donors (Lipinski definition) is 1. The molecule has 3 aromatic rings. The highest BCUT2D eigenvalue weighted by atomic mass is 19.4. The van der Waals surface area contributed by atoms with Crippen molar-refractivity contribution in [3.8, 4) is 0 Å². The molecule has 1 saturated heterocycles. The van der Waals surface area contributed by atoms with E-state index in [1.165, 1.54) is 18.3 Å². The lowest BCUT2D eigenvalue weighted by Crippen LogP contribution is -2.37. The van der Waals surface area contributed by atoms with Crippen molar-refractivity contribution in [3.63, 3.8) is 0 Å². The van der Waals surface area contributed by atoms with Gasteiger partial charge in [-0.05, 0) is 73.1 Å². The summed E-state index contributed by atoms with van der Waals surface area (Å²) in [6.45, 7) is 3.44. The summed E-state index contributed by atoms with van der Waals surface area (Å²) < 4.78 is 67.3. The van der Waals surface area contributed by atoms with Gasteiger partial charge in [-0.1, -0.05) is 31.9 Å². The van der Waals surface area contributed by atoms with Crippen LogP contribution in [-0.2, 0) is 18.1 Å². The van der Waals surface area contributed by atoms with Crippen LogP contribution >= 0.6 is 0 Å². The van der Waals surface area contributed by atoms with Crippen LogP contribution in [0.4, 0.5) is 27.9 Å². The van der Waals surface area contributed by atoms with E-state index in [-0.39, 0.29) is 23.5 Å². The zero-order chi connectivity index (χ0) is 28.5. The first-order valence-corrected chi connectivity index (χ1v) is 13.6. The minimum absolute atomic E-state index is 0.0174. The second-order valence-corrected chi connectivity index (χ2v) is 11.0. The fourth-order valence-electron chi connectivity index (χ4n) is 6.03. The Morgan fingerprint density at radius 3 is 2.45 bits per heavy atom. The summed E-state index contributed by atoms with van der Waals surface area (Å²) >= 11 is 0. The van der Waals surface area contributed by atoms with Crippen LogP contribution in [0.25, 0.3) is 0 Å². The Morgan fingerprint density at radius 1 is 1.05 bits per heavy atom. The second kappa shape index (κ2) is 11.1. The smallest absolute Gasteiger partial charge is 0.348 e. The lowest BCUT2D eigenvalue weighted by Gasteiger charge is -2.34.